The van der Waals surface area contributed by atoms with Crippen molar-refractivity contribution in [3.63, 3.8) is 0 Å². The maximum Gasteiger partial charge on any atom is 0.244 e. The Balaban J connectivity index is 1.53. The van der Waals surface area contributed by atoms with E-state index in [2.05, 4.69) is 20.0 Å². The fraction of sp³-hybridized carbons (Fsp3) is 0.278. The second kappa shape index (κ2) is 6.87. The zero-order valence-corrected chi connectivity index (χ0v) is 13.7. The van der Waals surface area contributed by atoms with Crippen molar-refractivity contribution in [3.05, 3.63) is 65.4 Å². The molecule has 1 aromatic carbocycles. The Labute approximate surface area is 147 Å². The van der Waals surface area contributed by atoms with Crippen LogP contribution in [0.25, 0.3) is 11.5 Å². The van der Waals surface area contributed by atoms with Crippen LogP contribution in [0.4, 0.5) is 13.2 Å². The summed E-state index contributed by atoms with van der Waals surface area (Å²) in [5, 5.41) is 3.92. The summed E-state index contributed by atoms with van der Waals surface area (Å²) in [5.41, 5.74) is 1.10. The van der Waals surface area contributed by atoms with Gasteiger partial charge in [-0.15, -0.1) is 0 Å². The van der Waals surface area contributed by atoms with Crippen LogP contribution in [-0.4, -0.2) is 26.6 Å². The van der Waals surface area contributed by atoms with Crippen molar-refractivity contribution < 1.29 is 17.7 Å². The van der Waals surface area contributed by atoms with Crippen molar-refractivity contribution in [1.29, 1.82) is 0 Å². The maximum atomic E-state index is 13.4. The molecule has 0 saturated carbocycles. The van der Waals surface area contributed by atoms with Gasteiger partial charge in [-0.05, 0) is 49.2 Å². The molecule has 4 rings (SSSR count). The predicted molar refractivity (Wildman–Crippen MR) is 86.2 cm³/mol. The standard InChI is InChI=1S/C18H15F3N4O/c19-12-4-6-15(22-9-12)17-23-18(26-24-17)16-2-1-7-25(16)10-11-3-5-13(20)14(21)8-11/h3-6,8-9,16H,1-2,7,10H2/t16-/m0/s1. The van der Waals surface area contributed by atoms with E-state index in [0.717, 1.165) is 31.6 Å². The zero-order chi connectivity index (χ0) is 18.1. The van der Waals surface area contributed by atoms with Gasteiger partial charge in [0.05, 0.1) is 12.2 Å². The Morgan fingerprint density at radius 3 is 2.77 bits per heavy atom. The fourth-order valence-corrected chi connectivity index (χ4v) is 3.15. The summed E-state index contributed by atoms with van der Waals surface area (Å²) in [6.45, 7) is 1.24. The number of hydrogen-bond acceptors (Lipinski definition) is 5. The molecule has 1 saturated heterocycles. The van der Waals surface area contributed by atoms with E-state index in [0.29, 0.717) is 29.5 Å². The van der Waals surface area contributed by atoms with Crippen molar-refractivity contribution in [2.75, 3.05) is 6.54 Å². The smallest absolute Gasteiger partial charge is 0.244 e. The van der Waals surface area contributed by atoms with E-state index >= 15 is 0 Å². The molecule has 1 fully saturated rings. The van der Waals surface area contributed by atoms with E-state index in [4.69, 9.17) is 4.52 Å². The molecule has 0 amide bonds. The van der Waals surface area contributed by atoms with Gasteiger partial charge in [0.25, 0.3) is 0 Å². The van der Waals surface area contributed by atoms with Gasteiger partial charge < -0.3 is 4.52 Å². The summed E-state index contributed by atoms with van der Waals surface area (Å²) in [6.07, 6.45) is 2.85. The molecule has 1 atom stereocenters. The largest absolute Gasteiger partial charge is 0.337 e. The predicted octanol–water partition coefficient (Wildman–Crippen LogP) is 3.89. The average molecular weight is 360 g/mol. The maximum absolute atomic E-state index is 13.4. The Kier molecular flexibility index (Phi) is 4.42. The SMILES string of the molecule is Fc1ccc(-c2noc([C@@H]3CCCN3Cc3ccc(F)c(F)c3)n2)nc1. The minimum atomic E-state index is -0.861. The molecule has 0 unspecified atom stereocenters. The van der Waals surface area contributed by atoms with Gasteiger partial charge in [-0.2, -0.15) is 4.98 Å². The number of benzene rings is 1. The monoisotopic (exact) mass is 360 g/mol. The van der Waals surface area contributed by atoms with Crippen molar-refractivity contribution in [3.8, 4) is 11.5 Å². The Morgan fingerprint density at radius 2 is 2.00 bits per heavy atom. The third-order valence-corrected chi connectivity index (χ3v) is 4.42. The summed E-state index contributed by atoms with van der Waals surface area (Å²) < 4.78 is 44.9. The second-order valence-corrected chi connectivity index (χ2v) is 6.19. The highest BCUT2D eigenvalue weighted by atomic mass is 19.2. The molecule has 2 aromatic heterocycles. The van der Waals surface area contributed by atoms with Crippen LogP contribution in [0.5, 0.6) is 0 Å². The molecule has 5 nitrogen and oxygen atoms in total. The van der Waals surface area contributed by atoms with Gasteiger partial charge in [-0.25, -0.2) is 18.2 Å². The lowest BCUT2D eigenvalue weighted by molar-refractivity contribution is 0.201. The van der Waals surface area contributed by atoms with E-state index in [1.165, 1.54) is 18.2 Å². The molecule has 0 N–H and O–H groups in total. The van der Waals surface area contributed by atoms with E-state index in [9.17, 15) is 13.2 Å². The molecule has 0 radical (unpaired) electrons. The Morgan fingerprint density at radius 1 is 1.12 bits per heavy atom. The summed E-state index contributed by atoms with van der Waals surface area (Å²) >= 11 is 0. The number of pyridine rings is 1. The Bertz CT molecular complexity index is 913. The molecule has 8 heteroatoms. The number of likely N-dealkylation sites (tertiary alicyclic amines) is 1. The van der Waals surface area contributed by atoms with Crippen LogP contribution < -0.4 is 0 Å². The van der Waals surface area contributed by atoms with Gasteiger partial charge in [-0.1, -0.05) is 11.2 Å². The third kappa shape index (κ3) is 3.32. The summed E-state index contributed by atoms with van der Waals surface area (Å²) in [7, 11) is 0. The molecular weight excluding hydrogens is 345 g/mol. The summed E-state index contributed by atoms with van der Waals surface area (Å²) in [4.78, 5) is 10.4. The van der Waals surface area contributed by atoms with Crippen LogP contribution in [0.1, 0.15) is 30.3 Å². The van der Waals surface area contributed by atoms with E-state index < -0.39 is 17.5 Å². The fourth-order valence-electron chi connectivity index (χ4n) is 3.15. The molecule has 1 aliphatic rings. The van der Waals surface area contributed by atoms with E-state index in [1.807, 2.05) is 0 Å². The molecule has 0 bridgehead atoms. The lowest BCUT2D eigenvalue weighted by Crippen LogP contribution is -2.23. The summed E-state index contributed by atoms with van der Waals surface area (Å²) in [6, 6.07) is 6.55. The Hall–Kier alpha value is -2.74. The number of halogens is 3. The van der Waals surface area contributed by atoms with Crippen LogP contribution in [0, 0.1) is 17.5 Å². The molecule has 0 spiro atoms. The number of nitrogens with zero attached hydrogens (tertiary/aromatic N) is 4. The van der Waals surface area contributed by atoms with E-state index in [-0.39, 0.29) is 6.04 Å². The van der Waals surface area contributed by atoms with Gasteiger partial charge >= 0.3 is 0 Å². The third-order valence-electron chi connectivity index (χ3n) is 4.42. The normalized spacial score (nSPS) is 17.7. The van der Waals surface area contributed by atoms with Crippen LogP contribution in [0.2, 0.25) is 0 Å². The zero-order valence-electron chi connectivity index (χ0n) is 13.7. The first-order valence-electron chi connectivity index (χ1n) is 8.23. The van der Waals surface area contributed by atoms with Gasteiger partial charge in [0.1, 0.15) is 11.5 Å². The van der Waals surface area contributed by atoms with Crippen molar-refractivity contribution in [1.82, 2.24) is 20.0 Å². The highest BCUT2D eigenvalue weighted by Gasteiger charge is 2.31. The first kappa shape index (κ1) is 16.7. The average Bonchev–Trinajstić information content (AvgIpc) is 3.28. The van der Waals surface area contributed by atoms with Crippen molar-refractivity contribution in [2.45, 2.75) is 25.4 Å². The molecule has 1 aliphatic heterocycles. The van der Waals surface area contributed by atoms with Crippen LogP contribution >= 0.6 is 0 Å². The second-order valence-electron chi connectivity index (χ2n) is 6.19. The lowest BCUT2D eigenvalue weighted by Gasteiger charge is -2.21. The van der Waals surface area contributed by atoms with Gasteiger partial charge in [0, 0.05) is 6.54 Å². The van der Waals surface area contributed by atoms with Crippen molar-refractivity contribution in [2.24, 2.45) is 0 Å². The number of aromatic nitrogens is 3. The van der Waals surface area contributed by atoms with Crippen molar-refractivity contribution >= 4 is 0 Å². The molecule has 3 aromatic rings. The lowest BCUT2D eigenvalue weighted by atomic mass is 10.1. The number of hydrogen-bond donors (Lipinski definition) is 0. The van der Waals surface area contributed by atoms with Crippen LogP contribution in [-0.2, 0) is 6.54 Å². The van der Waals surface area contributed by atoms with E-state index in [1.54, 1.807) is 6.07 Å². The van der Waals surface area contributed by atoms with Gasteiger partial charge in [-0.3, -0.25) is 4.90 Å². The minimum Gasteiger partial charge on any atom is -0.337 e. The minimum absolute atomic E-state index is 0.107. The highest BCUT2D eigenvalue weighted by molar-refractivity contribution is 5.47. The van der Waals surface area contributed by atoms with Crippen LogP contribution in [0.15, 0.2) is 41.1 Å². The number of rotatable bonds is 4. The molecular formula is C18H15F3N4O. The first-order chi connectivity index (χ1) is 12.6. The molecule has 3 heterocycles. The van der Waals surface area contributed by atoms with Crippen LogP contribution in [0.3, 0.4) is 0 Å². The summed E-state index contributed by atoms with van der Waals surface area (Å²) in [5.74, 6) is -1.43. The van der Waals surface area contributed by atoms with Gasteiger partial charge in [0.15, 0.2) is 11.6 Å². The van der Waals surface area contributed by atoms with Gasteiger partial charge in [0.2, 0.25) is 11.7 Å². The molecule has 134 valence electrons. The first-order valence-corrected chi connectivity index (χ1v) is 8.23. The molecule has 26 heavy (non-hydrogen) atoms. The highest BCUT2D eigenvalue weighted by Crippen LogP contribution is 2.33. The topological polar surface area (TPSA) is 55.1 Å². The molecule has 0 aliphatic carbocycles. The quantitative estimate of drug-likeness (QED) is 0.707.